The zero-order chi connectivity index (χ0) is 18.4. The first kappa shape index (κ1) is 21.9. The van der Waals surface area contributed by atoms with Crippen molar-refractivity contribution >= 4 is 41.5 Å². The number of pyridine rings is 1. The minimum absolute atomic E-state index is 0. The van der Waals surface area contributed by atoms with Crippen molar-refractivity contribution in [3.8, 4) is 0 Å². The lowest BCUT2D eigenvalue weighted by molar-refractivity contribution is -0.157. The predicted octanol–water partition coefficient (Wildman–Crippen LogP) is 1.03. The first-order valence-corrected chi connectivity index (χ1v) is 7.34. The summed E-state index contributed by atoms with van der Waals surface area (Å²) in [5.74, 6) is 0.189. The Balaban J connectivity index is 0.00000338. The molecule has 8 nitrogen and oxygen atoms in total. The highest BCUT2D eigenvalue weighted by molar-refractivity contribution is 14.0. The van der Waals surface area contributed by atoms with Gasteiger partial charge in [0.25, 0.3) is 0 Å². The van der Waals surface area contributed by atoms with Gasteiger partial charge in [0, 0.05) is 20.3 Å². The molecule has 0 aromatic carbocycles. The summed E-state index contributed by atoms with van der Waals surface area (Å²) in [6, 6.07) is 5.48. The molecule has 144 valence electrons. The fourth-order valence-corrected chi connectivity index (χ4v) is 2.05. The first-order valence-electron chi connectivity index (χ1n) is 7.34. The summed E-state index contributed by atoms with van der Waals surface area (Å²) in [5, 5.41) is 13.6. The second-order valence-electron chi connectivity index (χ2n) is 5.19. The van der Waals surface area contributed by atoms with Crippen molar-refractivity contribution in [2.75, 3.05) is 27.2 Å². The molecular weight excluding hydrogens is 466 g/mol. The Bertz CT molecular complexity index is 762. The Hall–Kier alpha value is -2.12. The number of aliphatic imine (C=N–C) groups is 1. The maximum absolute atomic E-state index is 12.3. The lowest BCUT2D eigenvalue weighted by Crippen LogP contribution is -2.45. The van der Waals surface area contributed by atoms with Crippen LogP contribution < -0.4 is 10.6 Å². The van der Waals surface area contributed by atoms with Crippen LogP contribution in [0.5, 0.6) is 0 Å². The van der Waals surface area contributed by atoms with Gasteiger partial charge in [-0.2, -0.15) is 13.2 Å². The molecule has 2 aromatic heterocycles. The van der Waals surface area contributed by atoms with E-state index in [4.69, 9.17) is 0 Å². The van der Waals surface area contributed by atoms with Crippen LogP contribution in [0.15, 0.2) is 29.4 Å². The van der Waals surface area contributed by atoms with Crippen LogP contribution in [0.3, 0.4) is 0 Å². The summed E-state index contributed by atoms with van der Waals surface area (Å²) in [6.45, 7) is -1.34. The molecule has 0 aliphatic heterocycles. The van der Waals surface area contributed by atoms with Crippen LogP contribution in [0.1, 0.15) is 5.82 Å². The van der Waals surface area contributed by atoms with Gasteiger partial charge in [-0.05, 0) is 12.1 Å². The molecule has 0 aliphatic rings. The van der Waals surface area contributed by atoms with Gasteiger partial charge >= 0.3 is 6.18 Å². The highest BCUT2D eigenvalue weighted by atomic mass is 127. The standard InChI is InChI=1S/C14H18F3N7O.HI/c1-18-13(20-8-12(25)23(2)9-14(15,16)17)19-7-11-22-21-10-5-3-4-6-24(10)11;/h3-6H,7-9H2,1-2H3,(H2,18,19,20);1H. The molecule has 0 radical (unpaired) electrons. The molecule has 0 unspecified atom stereocenters. The van der Waals surface area contributed by atoms with E-state index in [-0.39, 0.29) is 43.0 Å². The third kappa shape index (κ3) is 6.31. The lowest BCUT2D eigenvalue weighted by Gasteiger charge is -2.19. The lowest BCUT2D eigenvalue weighted by atomic mass is 10.4. The molecule has 2 N–H and O–H groups in total. The van der Waals surface area contributed by atoms with Crippen LogP contribution >= 0.6 is 24.0 Å². The normalized spacial score (nSPS) is 11.8. The maximum Gasteiger partial charge on any atom is 0.406 e. The van der Waals surface area contributed by atoms with Crippen LogP contribution in [0, 0.1) is 0 Å². The van der Waals surface area contributed by atoms with Crippen LogP contribution in [-0.4, -0.2) is 64.7 Å². The quantitative estimate of drug-likeness (QED) is 0.376. The van der Waals surface area contributed by atoms with Gasteiger partial charge in [-0.25, -0.2) is 0 Å². The van der Waals surface area contributed by atoms with Crippen LogP contribution in [0.2, 0.25) is 0 Å². The molecule has 0 aliphatic carbocycles. The van der Waals surface area contributed by atoms with Crippen molar-refractivity contribution in [3.63, 3.8) is 0 Å². The topological polar surface area (TPSA) is 86.9 Å². The van der Waals surface area contributed by atoms with Crippen molar-refractivity contribution in [2.45, 2.75) is 12.7 Å². The average molecular weight is 485 g/mol. The van der Waals surface area contributed by atoms with E-state index in [1.807, 2.05) is 12.1 Å². The number of rotatable bonds is 5. The van der Waals surface area contributed by atoms with E-state index in [9.17, 15) is 18.0 Å². The number of fused-ring (bicyclic) bond motifs is 1. The summed E-state index contributed by atoms with van der Waals surface area (Å²) in [5.41, 5.74) is 0.686. The Kier molecular flexibility index (Phi) is 8.05. The minimum atomic E-state index is -4.43. The molecule has 0 saturated carbocycles. The number of amides is 1. The maximum atomic E-state index is 12.3. The largest absolute Gasteiger partial charge is 0.406 e. The summed E-state index contributed by atoms with van der Waals surface area (Å²) in [4.78, 5) is 16.2. The van der Waals surface area contributed by atoms with Crippen molar-refractivity contribution < 1.29 is 18.0 Å². The monoisotopic (exact) mass is 485 g/mol. The first-order chi connectivity index (χ1) is 11.8. The Morgan fingerprint density at radius 3 is 2.69 bits per heavy atom. The van der Waals surface area contributed by atoms with Crippen LogP contribution in [0.4, 0.5) is 13.2 Å². The molecule has 0 saturated heterocycles. The minimum Gasteiger partial charge on any atom is -0.349 e. The second-order valence-corrected chi connectivity index (χ2v) is 5.19. The third-order valence-corrected chi connectivity index (χ3v) is 3.27. The fraction of sp³-hybridized carbons (Fsp3) is 0.429. The average Bonchev–Trinajstić information content (AvgIpc) is 2.96. The number of carbonyl (C=O) groups is 1. The molecule has 1 amide bonds. The zero-order valence-electron chi connectivity index (χ0n) is 14.1. The molecule has 2 aromatic rings. The van der Waals surface area contributed by atoms with E-state index in [0.29, 0.717) is 16.4 Å². The number of guanidine groups is 1. The summed E-state index contributed by atoms with van der Waals surface area (Å²) in [7, 11) is 2.58. The smallest absolute Gasteiger partial charge is 0.349 e. The third-order valence-electron chi connectivity index (χ3n) is 3.27. The van der Waals surface area contributed by atoms with E-state index in [2.05, 4.69) is 25.8 Å². The van der Waals surface area contributed by atoms with Gasteiger partial charge in [0.05, 0.1) is 13.1 Å². The fourth-order valence-electron chi connectivity index (χ4n) is 2.05. The van der Waals surface area contributed by atoms with E-state index in [1.54, 1.807) is 16.7 Å². The van der Waals surface area contributed by atoms with E-state index >= 15 is 0 Å². The molecule has 0 spiro atoms. The molecule has 2 rings (SSSR count). The van der Waals surface area contributed by atoms with Crippen molar-refractivity contribution in [1.29, 1.82) is 0 Å². The zero-order valence-corrected chi connectivity index (χ0v) is 16.4. The van der Waals surface area contributed by atoms with Crippen molar-refractivity contribution in [2.24, 2.45) is 4.99 Å². The Morgan fingerprint density at radius 2 is 2.04 bits per heavy atom. The number of halogens is 4. The number of carbonyl (C=O) groups excluding carboxylic acids is 1. The van der Waals surface area contributed by atoms with Crippen LogP contribution in [0.25, 0.3) is 5.65 Å². The second kappa shape index (κ2) is 9.54. The Labute approximate surface area is 164 Å². The number of alkyl halides is 3. The highest BCUT2D eigenvalue weighted by Gasteiger charge is 2.31. The molecule has 0 atom stereocenters. The van der Waals surface area contributed by atoms with Gasteiger partial charge in [0.15, 0.2) is 17.4 Å². The number of hydrogen-bond acceptors (Lipinski definition) is 4. The van der Waals surface area contributed by atoms with Crippen LogP contribution in [-0.2, 0) is 11.3 Å². The van der Waals surface area contributed by atoms with Crippen molar-refractivity contribution in [1.82, 2.24) is 30.1 Å². The SMILES string of the molecule is CN=C(NCC(=O)N(C)CC(F)(F)F)NCc1nnc2ccccn12.I. The van der Waals surface area contributed by atoms with Gasteiger partial charge in [0.1, 0.15) is 6.54 Å². The van der Waals surface area contributed by atoms with Gasteiger partial charge in [0.2, 0.25) is 5.91 Å². The molecular formula is C14H19F3IN7O. The van der Waals surface area contributed by atoms with Gasteiger partial charge in [-0.3, -0.25) is 14.2 Å². The number of likely N-dealkylation sites (N-methyl/N-ethyl adjacent to an activating group) is 1. The van der Waals surface area contributed by atoms with Gasteiger partial charge in [-0.1, -0.05) is 6.07 Å². The molecule has 2 heterocycles. The summed E-state index contributed by atoms with van der Waals surface area (Å²) in [6.07, 6.45) is -2.63. The molecule has 0 bridgehead atoms. The molecule has 0 fully saturated rings. The number of aromatic nitrogens is 3. The molecule has 12 heteroatoms. The van der Waals surface area contributed by atoms with E-state index in [1.165, 1.54) is 7.05 Å². The summed E-state index contributed by atoms with van der Waals surface area (Å²) >= 11 is 0. The predicted molar refractivity (Wildman–Crippen MR) is 100 cm³/mol. The van der Waals surface area contributed by atoms with Gasteiger partial charge < -0.3 is 15.5 Å². The molecule has 26 heavy (non-hydrogen) atoms. The number of nitrogens with zero attached hydrogens (tertiary/aromatic N) is 5. The highest BCUT2D eigenvalue weighted by Crippen LogP contribution is 2.15. The summed E-state index contributed by atoms with van der Waals surface area (Å²) < 4.78 is 38.6. The van der Waals surface area contributed by atoms with Gasteiger partial charge in [-0.15, -0.1) is 34.2 Å². The van der Waals surface area contributed by atoms with Crippen molar-refractivity contribution in [3.05, 3.63) is 30.2 Å². The number of hydrogen-bond donors (Lipinski definition) is 2. The van der Waals surface area contributed by atoms with E-state index < -0.39 is 18.6 Å². The Morgan fingerprint density at radius 1 is 1.31 bits per heavy atom. The van der Waals surface area contributed by atoms with E-state index in [0.717, 1.165) is 7.05 Å². The number of nitrogens with one attached hydrogen (secondary N) is 2.